The van der Waals surface area contributed by atoms with Gasteiger partial charge in [-0.15, -0.1) is 0 Å². The van der Waals surface area contributed by atoms with Gasteiger partial charge in [-0.1, -0.05) is 37.1 Å². The average Bonchev–Trinajstić information content (AvgIpc) is 2.77. The predicted octanol–water partition coefficient (Wildman–Crippen LogP) is 2.92. The zero-order chi connectivity index (χ0) is 10.3. The molecule has 1 heteroatoms. The number of benzene rings is 1. The van der Waals surface area contributed by atoms with Gasteiger partial charge < -0.3 is 5.11 Å². The Morgan fingerprint density at radius 3 is 2.64 bits per heavy atom. The molecule has 1 aromatic rings. The normalized spacial score (nSPS) is 30.4. The minimum atomic E-state index is -0.507. The maximum absolute atomic E-state index is 10.3. The van der Waals surface area contributed by atoms with Crippen molar-refractivity contribution in [3.05, 3.63) is 34.9 Å². The van der Waals surface area contributed by atoms with Crippen molar-refractivity contribution < 1.29 is 5.11 Å². The molecule has 1 aromatic carbocycles. The predicted molar refractivity (Wildman–Crippen MR) is 58.2 cm³/mol. The van der Waals surface area contributed by atoms with E-state index in [1.54, 1.807) is 0 Å². The lowest BCUT2D eigenvalue weighted by atomic mass is 9.97. The van der Waals surface area contributed by atoms with E-state index in [0.717, 1.165) is 18.4 Å². The number of hydrogen-bond acceptors (Lipinski definition) is 1. The van der Waals surface area contributed by atoms with Gasteiger partial charge in [0.25, 0.3) is 0 Å². The highest BCUT2D eigenvalue weighted by Gasteiger charge is 2.53. The van der Waals surface area contributed by atoms with E-state index in [4.69, 9.17) is 0 Å². The monoisotopic (exact) mass is 190 g/mol. The quantitative estimate of drug-likeness (QED) is 0.760. The Bertz CT molecular complexity index is 356. The summed E-state index contributed by atoms with van der Waals surface area (Å²) >= 11 is 0. The van der Waals surface area contributed by atoms with E-state index in [2.05, 4.69) is 39.0 Å². The first-order valence-corrected chi connectivity index (χ1v) is 5.38. The highest BCUT2D eigenvalue weighted by atomic mass is 16.3. The summed E-state index contributed by atoms with van der Waals surface area (Å²) in [5, 5.41) is 10.3. The van der Waals surface area contributed by atoms with Crippen LogP contribution < -0.4 is 0 Å². The van der Waals surface area contributed by atoms with E-state index < -0.39 is 5.60 Å². The molecule has 1 aliphatic rings. The molecule has 0 bridgehead atoms. The molecule has 2 rings (SSSR count). The molecule has 1 nitrogen and oxygen atoms in total. The first-order chi connectivity index (χ1) is 6.58. The summed E-state index contributed by atoms with van der Waals surface area (Å²) in [7, 11) is 0. The molecule has 14 heavy (non-hydrogen) atoms. The van der Waals surface area contributed by atoms with Crippen LogP contribution in [0, 0.1) is 19.8 Å². The molecule has 0 amide bonds. The van der Waals surface area contributed by atoms with Crippen LogP contribution in [0.4, 0.5) is 0 Å². The van der Waals surface area contributed by atoms with Gasteiger partial charge in [0.1, 0.15) is 0 Å². The number of aliphatic hydroxyl groups is 1. The summed E-state index contributed by atoms with van der Waals surface area (Å²) in [4.78, 5) is 0. The Morgan fingerprint density at radius 1 is 1.43 bits per heavy atom. The van der Waals surface area contributed by atoms with Gasteiger partial charge in [0.2, 0.25) is 0 Å². The first-order valence-electron chi connectivity index (χ1n) is 5.38. The summed E-state index contributed by atoms with van der Waals surface area (Å²) in [6, 6.07) is 6.32. The molecule has 0 aliphatic heterocycles. The fourth-order valence-corrected chi connectivity index (χ4v) is 2.43. The largest absolute Gasteiger partial charge is 0.385 e. The Morgan fingerprint density at radius 2 is 2.14 bits per heavy atom. The van der Waals surface area contributed by atoms with Gasteiger partial charge in [0.15, 0.2) is 0 Å². The molecule has 1 fully saturated rings. The van der Waals surface area contributed by atoms with Gasteiger partial charge in [-0.2, -0.15) is 0 Å². The molecule has 0 aromatic heterocycles. The van der Waals surface area contributed by atoms with Crippen molar-refractivity contribution in [2.24, 2.45) is 5.92 Å². The third-order valence-corrected chi connectivity index (χ3v) is 3.41. The topological polar surface area (TPSA) is 20.2 Å². The van der Waals surface area contributed by atoms with Crippen molar-refractivity contribution in [1.82, 2.24) is 0 Å². The van der Waals surface area contributed by atoms with E-state index in [9.17, 15) is 5.11 Å². The third kappa shape index (κ3) is 1.36. The van der Waals surface area contributed by atoms with Crippen LogP contribution in [0.3, 0.4) is 0 Å². The van der Waals surface area contributed by atoms with E-state index in [0.29, 0.717) is 5.92 Å². The average molecular weight is 190 g/mol. The molecule has 76 valence electrons. The first kappa shape index (κ1) is 9.72. The van der Waals surface area contributed by atoms with Gasteiger partial charge >= 0.3 is 0 Å². The maximum Gasteiger partial charge on any atom is 0.0932 e. The highest BCUT2D eigenvalue weighted by Crippen LogP contribution is 2.54. The summed E-state index contributed by atoms with van der Waals surface area (Å²) in [5.74, 6) is 0.476. The van der Waals surface area contributed by atoms with Crippen LogP contribution in [0.5, 0.6) is 0 Å². The fourth-order valence-electron chi connectivity index (χ4n) is 2.43. The summed E-state index contributed by atoms with van der Waals surface area (Å²) < 4.78 is 0. The number of hydrogen-bond donors (Lipinski definition) is 1. The van der Waals surface area contributed by atoms with Crippen molar-refractivity contribution >= 4 is 0 Å². The number of rotatable bonds is 2. The molecule has 0 spiro atoms. The molecule has 2 unspecified atom stereocenters. The van der Waals surface area contributed by atoms with Crippen LogP contribution >= 0.6 is 0 Å². The molecular formula is C13H18O. The second-order valence-electron chi connectivity index (χ2n) is 4.55. The van der Waals surface area contributed by atoms with E-state index in [1.807, 2.05) is 0 Å². The zero-order valence-electron chi connectivity index (χ0n) is 9.17. The van der Waals surface area contributed by atoms with Gasteiger partial charge in [-0.25, -0.2) is 0 Å². The van der Waals surface area contributed by atoms with Crippen LogP contribution in [0.25, 0.3) is 0 Å². The minimum absolute atomic E-state index is 0.476. The Kier molecular flexibility index (Phi) is 2.15. The smallest absolute Gasteiger partial charge is 0.0932 e. The van der Waals surface area contributed by atoms with Crippen molar-refractivity contribution in [3.63, 3.8) is 0 Å². The van der Waals surface area contributed by atoms with Gasteiger partial charge in [0.05, 0.1) is 5.60 Å². The molecule has 1 saturated carbocycles. The van der Waals surface area contributed by atoms with Gasteiger partial charge in [0, 0.05) is 0 Å². The van der Waals surface area contributed by atoms with Crippen LogP contribution in [-0.4, -0.2) is 5.11 Å². The second-order valence-corrected chi connectivity index (χ2v) is 4.55. The standard InChI is InChI=1S/C13H18O/c1-4-11-8-13(11,14)12-6-5-9(2)7-10(12)3/h5-7,11,14H,4,8H2,1-3H3. The summed E-state index contributed by atoms with van der Waals surface area (Å²) in [6.07, 6.45) is 2.01. The molecule has 1 aliphatic carbocycles. The lowest BCUT2D eigenvalue weighted by molar-refractivity contribution is 0.129. The molecule has 0 heterocycles. The third-order valence-electron chi connectivity index (χ3n) is 3.41. The molecule has 0 radical (unpaired) electrons. The van der Waals surface area contributed by atoms with Crippen LogP contribution in [0.15, 0.2) is 18.2 Å². The van der Waals surface area contributed by atoms with Crippen LogP contribution in [-0.2, 0) is 5.60 Å². The molecule has 1 N–H and O–H groups in total. The maximum atomic E-state index is 10.3. The Balaban J connectivity index is 2.34. The van der Waals surface area contributed by atoms with E-state index in [-0.39, 0.29) is 0 Å². The van der Waals surface area contributed by atoms with Gasteiger partial charge in [-0.05, 0) is 37.3 Å². The summed E-state index contributed by atoms with van der Waals surface area (Å²) in [6.45, 7) is 6.32. The highest BCUT2D eigenvalue weighted by molar-refractivity contribution is 5.38. The van der Waals surface area contributed by atoms with Crippen molar-refractivity contribution in [2.45, 2.75) is 39.2 Å². The summed E-state index contributed by atoms with van der Waals surface area (Å²) in [5.41, 5.74) is 3.12. The van der Waals surface area contributed by atoms with Crippen LogP contribution in [0.1, 0.15) is 36.5 Å². The number of aryl methyl sites for hydroxylation is 2. The second kappa shape index (κ2) is 3.09. The fraction of sp³-hybridized carbons (Fsp3) is 0.538. The SMILES string of the molecule is CCC1CC1(O)c1ccc(C)cc1C. The van der Waals surface area contributed by atoms with E-state index >= 15 is 0 Å². The Labute approximate surface area is 85.8 Å². The molecular weight excluding hydrogens is 172 g/mol. The van der Waals surface area contributed by atoms with Crippen molar-refractivity contribution in [2.75, 3.05) is 0 Å². The van der Waals surface area contributed by atoms with Crippen LogP contribution in [0.2, 0.25) is 0 Å². The van der Waals surface area contributed by atoms with Gasteiger partial charge in [-0.3, -0.25) is 0 Å². The molecule has 2 atom stereocenters. The lowest BCUT2D eigenvalue weighted by Crippen LogP contribution is -2.10. The minimum Gasteiger partial charge on any atom is -0.385 e. The van der Waals surface area contributed by atoms with Crippen molar-refractivity contribution in [1.29, 1.82) is 0 Å². The zero-order valence-corrected chi connectivity index (χ0v) is 9.17. The van der Waals surface area contributed by atoms with Crippen molar-refractivity contribution in [3.8, 4) is 0 Å². The lowest BCUT2D eigenvalue weighted by Gasteiger charge is -2.14. The Hall–Kier alpha value is -0.820. The molecule has 0 saturated heterocycles. The van der Waals surface area contributed by atoms with E-state index in [1.165, 1.54) is 11.1 Å².